The van der Waals surface area contributed by atoms with Crippen molar-refractivity contribution in [1.29, 1.82) is 0 Å². The van der Waals surface area contributed by atoms with E-state index in [1.165, 1.54) is 25.0 Å². The molecule has 4 aromatic rings. The van der Waals surface area contributed by atoms with Crippen LogP contribution in [0.2, 0.25) is 0 Å². The Morgan fingerprint density at radius 2 is 1.75 bits per heavy atom. The van der Waals surface area contributed by atoms with Gasteiger partial charge in [0, 0.05) is 25.7 Å². The first-order valence-electron chi connectivity index (χ1n) is 12.6. The molecule has 186 valence electrons. The van der Waals surface area contributed by atoms with E-state index < -0.39 is 6.10 Å². The third-order valence-corrected chi connectivity index (χ3v) is 6.53. The van der Waals surface area contributed by atoms with E-state index in [0.717, 1.165) is 29.1 Å². The highest BCUT2D eigenvalue weighted by Crippen LogP contribution is 2.34. The molecule has 0 saturated heterocycles. The minimum Gasteiger partial charge on any atom is -0.438 e. The Bertz CT molecular complexity index is 1270. The zero-order valence-corrected chi connectivity index (χ0v) is 20.6. The first-order chi connectivity index (χ1) is 17.5. The molecule has 3 aromatic carbocycles. The third-order valence-electron chi connectivity index (χ3n) is 6.53. The first kappa shape index (κ1) is 24.2. The van der Waals surface area contributed by atoms with Gasteiger partial charge in [-0.2, -0.15) is 5.10 Å². The Morgan fingerprint density at radius 3 is 2.44 bits per heavy atom. The lowest BCUT2D eigenvalue weighted by atomic mass is 10.1. The maximum absolute atomic E-state index is 13.9. The molecule has 0 bridgehead atoms. The molecule has 5 nitrogen and oxygen atoms in total. The lowest BCUT2D eigenvalue weighted by molar-refractivity contribution is 0.105. The fourth-order valence-electron chi connectivity index (χ4n) is 4.55. The summed E-state index contributed by atoms with van der Waals surface area (Å²) < 4.78 is 22.0. The van der Waals surface area contributed by atoms with Gasteiger partial charge >= 0.3 is 0 Å². The van der Waals surface area contributed by atoms with Gasteiger partial charge in [0.15, 0.2) is 0 Å². The molecule has 1 aromatic heterocycles. The molecule has 36 heavy (non-hydrogen) atoms. The number of aromatic nitrogens is 2. The number of aliphatic hydroxyl groups is 1. The van der Waals surface area contributed by atoms with E-state index in [-0.39, 0.29) is 5.82 Å². The van der Waals surface area contributed by atoms with Crippen molar-refractivity contribution >= 4 is 0 Å². The molecule has 1 atom stereocenters. The second-order valence-corrected chi connectivity index (χ2v) is 9.66. The van der Waals surface area contributed by atoms with Crippen LogP contribution in [0.5, 0.6) is 11.6 Å². The van der Waals surface area contributed by atoms with Crippen molar-refractivity contribution in [2.45, 2.75) is 38.8 Å². The van der Waals surface area contributed by atoms with Crippen molar-refractivity contribution < 1.29 is 14.2 Å². The predicted molar refractivity (Wildman–Crippen MR) is 139 cm³/mol. The van der Waals surface area contributed by atoms with Crippen LogP contribution in [0.25, 0.3) is 5.69 Å². The fourth-order valence-corrected chi connectivity index (χ4v) is 4.55. The van der Waals surface area contributed by atoms with Crippen LogP contribution in [0.3, 0.4) is 0 Å². The monoisotopic (exact) mass is 485 g/mol. The lowest BCUT2D eigenvalue weighted by Gasteiger charge is -2.25. The number of benzene rings is 3. The smallest absolute Gasteiger partial charge is 0.227 e. The zero-order chi connectivity index (χ0) is 24.9. The molecular formula is C30H32FN3O2. The maximum atomic E-state index is 13.9. The highest BCUT2D eigenvalue weighted by Gasteiger charge is 2.28. The van der Waals surface area contributed by atoms with Crippen molar-refractivity contribution in [2.24, 2.45) is 5.92 Å². The van der Waals surface area contributed by atoms with E-state index in [1.54, 1.807) is 16.8 Å². The van der Waals surface area contributed by atoms with Gasteiger partial charge in [-0.3, -0.25) is 4.90 Å². The van der Waals surface area contributed by atoms with Crippen molar-refractivity contribution in [1.82, 2.24) is 14.7 Å². The van der Waals surface area contributed by atoms with Crippen LogP contribution in [0.4, 0.5) is 4.39 Å². The number of rotatable bonds is 11. The molecule has 1 heterocycles. The van der Waals surface area contributed by atoms with Crippen molar-refractivity contribution in [2.75, 3.05) is 13.1 Å². The van der Waals surface area contributed by atoms with E-state index in [9.17, 15) is 9.50 Å². The van der Waals surface area contributed by atoms with Gasteiger partial charge < -0.3 is 9.84 Å². The van der Waals surface area contributed by atoms with E-state index in [0.29, 0.717) is 37.1 Å². The summed E-state index contributed by atoms with van der Waals surface area (Å²) in [5.41, 5.74) is 3.79. The zero-order valence-electron chi connectivity index (χ0n) is 20.6. The van der Waals surface area contributed by atoms with Gasteiger partial charge in [-0.25, -0.2) is 9.07 Å². The average molecular weight is 486 g/mol. The summed E-state index contributed by atoms with van der Waals surface area (Å²) in [4.78, 5) is 2.31. The molecule has 0 unspecified atom stereocenters. The number of aryl methyl sites for hydroxylation is 1. The number of aliphatic hydroxyl groups excluding tert-OH is 1. The number of nitrogens with zero attached hydrogens (tertiary/aromatic N) is 3. The second kappa shape index (κ2) is 11.1. The minimum absolute atomic E-state index is 0.351. The Balaban J connectivity index is 1.43. The number of para-hydroxylation sites is 1. The minimum atomic E-state index is -0.483. The Hall–Kier alpha value is -3.48. The topological polar surface area (TPSA) is 50.5 Å². The second-order valence-electron chi connectivity index (χ2n) is 9.66. The highest BCUT2D eigenvalue weighted by molar-refractivity contribution is 5.43. The molecule has 0 radical (unpaired) electrons. The molecule has 0 spiro atoms. The Kier molecular flexibility index (Phi) is 7.44. The number of hydrogen-bond acceptors (Lipinski definition) is 4. The third kappa shape index (κ3) is 6.20. The molecule has 1 fully saturated rings. The molecule has 1 aliphatic rings. The number of hydrogen-bond donors (Lipinski definition) is 1. The molecule has 1 saturated carbocycles. The summed E-state index contributed by atoms with van der Waals surface area (Å²) >= 11 is 0. The number of halogens is 1. The van der Waals surface area contributed by atoms with E-state index in [2.05, 4.69) is 4.90 Å². The summed E-state index contributed by atoms with van der Waals surface area (Å²) in [5, 5.41) is 15.7. The first-order valence-corrected chi connectivity index (χ1v) is 12.6. The molecule has 5 rings (SSSR count). The molecule has 0 aliphatic heterocycles. The van der Waals surface area contributed by atoms with Gasteiger partial charge in [0.2, 0.25) is 5.88 Å². The van der Waals surface area contributed by atoms with Gasteiger partial charge in [0.1, 0.15) is 11.6 Å². The summed E-state index contributed by atoms with van der Waals surface area (Å²) in [5.74, 6) is 1.30. The normalized spacial score (nSPS) is 14.2. The molecule has 1 aliphatic carbocycles. The van der Waals surface area contributed by atoms with Gasteiger partial charge in [-0.15, -0.1) is 0 Å². The quantitative estimate of drug-likeness (QED) is 0.286. The van der Waals surface area contributed by atoms with E-state index in [4.69, 9.17) is 9.84 Å². The van der Waals surface area contributed by atoms with E-state index >= 15 is 0 Å². The van der Waals surface area contributed by atoms with Gasteiger partial charge in [-0.05, 0) is 61.9 Å². The summed E-state index contributed by atoms with van der Waals surface area (Å²) in [6.07, 6.45) is 2.57. The Morgan fingerprint density at radius 1 is 1.03 bits per heavy atom. The lowest BCUT2D eigenvalue weighted by Crippen LogP contribution is -2.35. The maximum Gasteiger partial charge on any atom is 0.227 e. The van der Waals surface area contributed by atoms with Crippen molar-refractivity contribution in [3.63, 3.8) is 0 Å². The standard InChI is InChI=1S/C30H32FN3O2/c1-22-29(21-33(19-24-15-16-24)20-27(35)17-23-9-4-2-5-10-23)30(36-28-14-8-11-25(31)18-28)34(32-22)26-12-6-3-7-13-26/h2-14,18,24,27,35H,15-17,19-21H2,1H3/t27-/m1/s1. The summed E-state index contributed by atoms with van der Waals surface area (Å²) in [6, 6.07) is 26.1. The van der Waals surface area contributed by atoms with Crippen LogP contribution >= 0.6 is 0 Å². The summed E-state index contributed by atoms with van der Waals surface area (Å²) in [7, 11) is 0. The average Bonchev–Trinajstić information content (AvgIpc) is 3.64. The summed E-state index contributed by atoms with van der Waals surface area (Å²) in [6.45, 7) is 4.04. The van der Waals surface area contributed by atoms with Gasteiger partial charge in [-0.1, -0.05) is 54.6 Å². The van der Waals surface area contributed by atoms with Crippen LogP contribution < -0.4 is 4.74 Å². The molecule has 6 heteroatoms. The SMILES string of the molecule is Cc1nn(-c2ccccc2)c(Oc2cccc(F)c2)c1CN(CC1CC1)C[C@H](O)Cc1ccccc1. The Labute approximate surface area is 211 Å². The van der Waals surface area contributed by atoms with Gasteiger partial charge in [0.05, 0.1) is 23.0 Å². The van der Waals surface area contributed by atoms with Crippen LogP contribution in [0, 0.1) is 18.7 Å². The fraction of sp³-hybridized carbons (Fsp3) is 0.300. The predicted octanol–water partition coefficient (Wildman–Crippen LogP) is 5.93. The van der Waals surface area contributed by atoms with Crippen LogP contribution in [-0.4, -0.2) is 39.0 Å². The molecule has 1 N–H and O–H groups in total. The van der Waals surface area contributed by atoms with Gasteiger partial charge in [0.25, 0.3) is 0 Å². The van der Waals surface area contributed by atoms with Crippen LogP contribution in [-0.2, 0) is 13.0 Å². The molecule has 0 amide bonds. The van der Waals surface area contributed by atoms with Crippen LogP contribution in [0.1, 0.15) is 29.7 Å². The largest absolute Gasteiger partial charge is 0.438 e. The van der Waals surface area contributed by atoms with E-state index in [1.807, 2.05) is 67.6 Å². The highest BCUT2D eigenvalue weighted by atomic mass is 19.1. The molecular weight excluding hydrogens is 453 g/mol. The van der Waals surface area contributed by atoms with Crippen LogP contribution in [0.15, 0.2) is 84.9 Å². The number of ether oxygens (including phenoxy) is 1. The van der Waals surface area contributed by atoms with Crippen molar-refractivity contribution in [3.8, 4) is 17.3 Å². The van der Waals surface area contributed by atoms with Crippen molar-refractivity contribution in [3.05, 3.63) is 108 Å².